The quantitative estimate of drug-likeness (QED) is 0.145. The lowest BCUT2D eigenvalue weighted by Crippen LogP contribution is -2.63. The molecule has 1 aromatic heterocycles. The normalized spacial score (nSPS) is 18.8. The van der Waals surface area contributed by atoms with E-state index in [4.69, 9.17) is 24.9 Å². The predicted molar refractivity (Wildman–Crippen MR) is 196 cm³/mol. The summed E-state index contributed by atoms with van der Waals surface area (Å²) in [5.41, 5.74) is 7.79. The molecule has 4 heterocycles. The first kappa shape index (κ1) is 35.2. The van der Waals surface area contributed by atoms with Crippen molar-refractivity contribution in [3.05, 3.63) is 58.4 Å². The molecule has 0 saturated carbocycles. The first-order chi connectivity index (χ1) is 23.1. The molecule has 262 valence electrons. The number of hydrogen-bond acceptors (Lipinski definition) is 10. The summed E-state index contributed by atoms with van der Waals surface area (Å²) in [7, 11) is -1.29. The summed E-state index contributed by atoms with van der Waals surface area (Å²) in [5.74, 6) is 0.942. The summed E-state index contributed by atoms with van der Waals surface area (Å²) < 4.78 is 34.6. The van der Waals surface area contributed by atoms with E-state index in [9.17, 15) is 4.79 Å². The standard InChI is InChI=1S/C35H51FN6O4SSi/c1-48(2,3)19-18-45-25-42-33(24-47-30-8-15-44-16-9-30)38-32-21-29(20-31(36)34(32)35(42)43)46-17-14-39-10-12-40(13-11-39)28-22-41(23-28)27-6-4-26(37)5-7-27/h4-7,20-21,28,30H,8-19,22-25,37H2,1-3H3. The molecule has 0 amide bonds. The monoisotopic (exact) mass is 698 g/mol. The van der Waals surface area contributed by atoms with Gasteiger partial charge in [0.1, 0.15) is 36.1 Å². The molecule has 3 aliphatic rings. The second kappa shape index (κ2) is 15.9. The molecule has 0 unspecified atom stereocenters. The summed E-state index contributed by atoms with van der Waals surface area (Å²) >= 11 is 1.78. The number of aromatic nitrogens is 2. The molecule has 3 fully saturated rings. The van der Waals surface area contributed by atoms with Crippen molar-refractivity contribution in [2.75, 3.05) is 82.9 Å². The van der Waals surface area contributed by atoms with E-state index in [1.807, 2.05) is 12.1 Å². The van der Waals surface area contributed by atoms with E-state index in [0.29, 0.717) is 47.3 Å². The average molecular weight is 699 g/mol. The molecule has 6 rings (SSSR count). The van der Waals surface area contributed by atoms with Gasteiger partial charge in [0.2, 0.25) is 0 Å². The minimum Gasteiger partial charge on any atom is -0.492 e. The van der Waals surface area contributed by atoms with Gasteiger partial charge in [-0.25, -0.2) is 9.37 Å². The van der Waals surface area contributed by atoms with Crippen LogP contribution in [0.5, 0.6) is 5.75 Å². The first-order valence-corrected chi connectivity index (χ1v) is 22.1. The van der Waals surface area contributed by atoms with E-state index in [2.05, 4.69) is 46.5 Å². The van der Waals surface area contributed by atoms with Crippen molar-refractivity contribution in [2.24, 2.45) is 0 Å². The second-order valence-electron chi connectivity index (χ2n) is 14.4. The van der Waals surface area contributed by atoms with E-state index in [-0.39, 0.29) is 12.1 Å². The van der Waals surface area contributed by atoms with Crippen molar-refractivity contribution in [1.82, 2.24) is 19.4 Å². The molecule has 0 spiro atoms. The average Bonchev–Trinajstić information content (AvgIpc) is 3.04. The molecule has 2 aromatic carbocycles. The van der Waals surface area contributed by atoms with Gasteiger partial charge >= 0.3 is 0 Å². The number of benzene rings is 2. The van der Waals surface area contributed by atoms with E-state index in [1.54, 1.807) is 17.8 Å². The van der Waals surface area contributed by atoms with Crippen LogP contribution in [0.3, 0.4) is 0 Å². The van der Waals surface area contributed by atoms with Crippen LogP contribution < -0.4 is 20.9 Å². The Bertz CT molecular complexity index is 1570. The number of nitrogen functional groups attached to an aromatic ring is 1. The lowest BCUT2D eigenvalue weighted by molar-refractivity contribution is 0.0755. The van der Waals surface area contributed by atoms with Crippen LogP contribution in [0.4, 0.5) is 15.8 Å². The van der Waals surface area contributed by atoms with Crippen molar-refractivity contribution in [3.8, 4) is 5.75 Å². The lowest BCUT2D eigenvalue weighted by atomic mass is 10.0. The highest BCUT2D eigenvalue weighted by Crippen LogP contribution is 2.28. The zero-order valence-corrected chi connectivity index (χ0v) is 30.5. The summed E-state index contributed by atoms with van der Waals surface area (Å²) in [6, 6.07) is 12.7. The van der Waals surface area contributed by atoms with Crippen LogP contribution in [0, 0.1) is 5.82 Å². The van der Waals surface area contributed by atoms with E-state index in [1.165, 1.54) is 16.3 Å². The number of nitrogens with zero attached hydrogens (tertiary/aromatic N) is 5. The number of halogens is 1. The van der Waals surface area contributed by atoms with Crippen molar-refractivity contribution < 1.29 is 18.6 Å². The van der Waals surface area contributed by atoms with Gasteiger partial charge in [-0.1, -0.05) is 19.6 Å². The molecule has 3 saturated heterocycles. The van der Waals surface area contributed by atoms with Crippen molar-refractivity contribution in [2.45, 2.75) is 62.3 Å². The zero-order chi connectivity index (χ0) is 33.7. The number of ether oxygens (including phenoxy) is 3. The summed E-state index contributed by atoms with van der Waals surface area (Å²) in [4.78, 5) is 25.9. The molecule has 0 aliphatic carbocycles. The molecule has 0 atom stereocenters. The molecule has 13 heteroatoms. The van der Waals surface area contributed by atoms with Crippen LogP contribution in [0.1, 0.15) is 18.7 Å². The fourth-order valence-electron chi connectivity index (χ4n) is 6.44. The molecule has 2 N–H and O–H groups in total. The number of nitrogens with two attached hydrogens (primary N) is 1. The summed E-state index contributed by atoms with van der Waals surface area (Å²) in [6.07, 6.45) is 1.95. The molecule has 0 bridgehead atoms. The number of rotatable bonds is 14. The molecule has 0 radical (unpaired) electrons. The fourth-order valence-corrected chi connectivity index (χ4v) is 8.33. The van der Waals surface area contributed by atoms with Gasteiger partial charge in [0.15, 0.2) is 0 Å². The smallest absolute Gasteiger partial charge is 0.266 e. The maximum absolute atomic E-state index is 15.5. The van der Waals surface area contributed by atoms with Gasteiger partial charge < -0.3 is 24.8 Å². The third-order valence-electron chi connectivity index (χ3n) is 9.62. The minimum atomic E-state index is -1.29. The molecular formula is C35H51FN6O4SSi. The Kier molecular flexibility index (Phi) is 11.6. The molecule has 10 nitrogen and oxygen atoms in total. The highest BCUT2D eigenvalue weighted by molar-refractivity contribution is 7.99. The number of thioether (sulfide) groups is 1. The Balaban J connectivity index is 1.04. The largest absolute Gasteiger partial charge is 0.492 e. The Hall–Kier alpha value is -2.68. The van der Waals surface area contributed by atoms with Crippen molar-refractivity contribution in [1.29, 1.82) is 0 Å². The second-order valence-corrected chi connectivity index (χ2v) is 21.3. The third-order valence-corrected chi connectivity index (χ3v) is 12.7. The number of fused-ring (bicyclic) bond motifs is 1. The Morgan fingerprint density at radius 2 is 1.77 bits per heavy atom. The number of anilines is 2. The maximum atomic E-state index is 15.5. The van der Waals surface area contributed by atoms with Crippen LogP contribution >= 0.6 is 11.8 Å². The zero-order valence-electron chi connectivity index (χ0n) is 28.7. The highest BCUT2D eigenvalue weighted by atomic mass is 32.2. The van der Waals surface area contributed by atoms with Crippen molar-refractivity contribution >= 4 is 42.1 Å². The van der Waals surface area contributed by atoms with Gasteiger partial charge in [-0.15, -0.1) is 0 Å². The van der Waals surface area contributed by atoms with Crippen molar-refractivity contribution in [3.63, 3.8) is 0 Å². The molecule has 48 heavy (non-hydrogen) atoms. The van der Waals surface area contributed by atoms with Gasteiger partial charge in [-0.2, -0.15) is 11.8 Å². The van der Waals surface area contributed by atoms with Crippen LogP contribution in [0.25, 0.3) is 10.9 Å². The predicted octanol–water partition coefficient (Wildman–Crippen LogP) is 4.73. The van der Waals surface area contributed by atoms with Crippen LogP contribution in [-0.2, 0) is 22.0 Å². The molecule has 3 aliphatic heterocycles. The Morgan fingerprint density at radius 1 is 1.04 bits per heavy atom. The van der Waals surface area contributed by atoms with E-state index >= 15 is 4.39 Å². The Labute approximate surface area is 288 Å². The number of piperazine rings is 1. The van der Waals surface area contributed by atoms with E-state index in [0.717, 1.165) is 83.6 Å². The topological polar surface area (TPSA) is 98.3 Å². The van der Waals surface area contributed by atoms with Crippen LogP contribution in [0.2, 0.25) is 25.7 Å². The minimum absolute atomic E-state index is 0.0157. The lowest BCUT2D eigenvalue weighted by Gasteiger charge is -2.49. The summed E-state index contributed by atoms with van der Waals surface area (Å²) in [6.45, 7) is 16.3. The third kappa shape index (κ3) is 9.10. The fraction of sp³-hybridized carbons (Fsp3) is 0.600. The summed E-state index contributed by atoms with van der Waals surface area (Å²) in [5, 5.41) is 0.428. The highest BCUT2D eigenvalue weighted by Gasteiger charge is 2.33. The molecule has 3 aromatic rings. The van der Waals surface area contributed by atoms with Gasteiger partial charge in [-0.3, -0.25) is 19.2 Å². The van der Waals surface area contributed by atoms with Gasteiger partial charge in [0, 0.05) is 109 Å². The Morgan fingerprint density at radius 3 is 2.48 bits per heavy atom. The van der Waals surface area contributed by atoms with Crippen LogP contribution in [0.15, 0.2) is 41.2 Å². The van der Waals surface area contributed by atoms with Gasteiger partial charge in [0.05, 0.1) is 11.3 Å². The molecular weight excluding hydrogens is 648 g/mol. The van der Waals surface area contributed by atoms with E-state index < -0.39 is 19.5 Å². The van der Waals surface area contributed by atoms with Gasteiger partial charge in [-0.05, 0) is 43.2 Å². The van der Waals surface area contributed by atoms with Gasteiger partial charge in [0.25, 0.3) is 5.56 Å². The SMILES string of the molecule is C[Si](C)(C)CCOCn1c(CSC2CCOCC2)nc2cc(OCCN3CCN(C4CN(c5ccc(N)cc5)C4)CC3)cc(F)c2c1=O. The van der Waals surface area contributed by atoms with Crippen LogP contribution in [-0.4, -0.2) is 111 Å². The maximum Gasteiger partial charge on any atom is 0.266 e. The number of hydrogen-bond donors (Lipinski definition) is 1. The first-order valence-electron chi connectivity index (χ1n) is 17.3.